The van der Waals surface area contributed by atoms with Gasteiger partial charge in [-0.2, -0.15) is 0 Å². The fourth-order valence-corrected chi connectivity index (χ4v) is 2.32. The number of hydrogen-bond acceptors (Lipinski definition) is 2. The summed E-state index contributed by atoms with van der Waals surface area (Å²) in [5, 5.41) is 2.42. The predicted octanol–water partition coefficient (Wildman–Crippen LogP) is 3.88. The molecule has 2 heteroatoms. The van der Waals surface area contributed by atoms with E-state index in [2.05, 4.69) is 30.3 Å². The summed E-state index contributed by atoms with van der Waals surface area (Å²) in [5.74, 6) is 0.885. The summed E-state index contributed by atoms with van der Waals surface area (Å²) in [4.78, 5) is 0. The van der Waals surface area contributed by atoms with Crippen molar-refractivity contribution >= 4 is 10.8 Å². The molecule has 0 amide bonds. The van der Waals surface area contributed by atoms with Crippen LogP contribution >= 0.6 is 0 Å². The highest BCUT2D eigenvalue weighted by Crippen LogP contribution is 2.21. The van der Waals surface area contributed by atoms with Crippen molar-refractivity contribution in [2.75, 3.05) is 0 Å². The maximum absolute atomic E-state index is 5.89. The van der Waals surface area contributed by atoms with Gasteiger partial charge >= 0.3 is 0 Å². The Morgan fingerprint density at radius 3 is 2.25 bits per heavy atom. The van der Waals surface area contributed by atoms with E-state index in [9.17, 15) is 0 Å². The molecule has 20 heavy (non-hydrogen) atoms. The summed E-state index contributed by atoms with van der Waals surface area (Å²) in [6.45, 7) is 1.09. The number of ether oxygens (including phenoxy) is 1. The third-order valence-corrected chi connectivity index (χ3v) is 3.45. The third-order valence-electron chi connectivity index (χ3n) is 3.45. The van der Waals surface area contributed by atoms with Crippen molar-refractivity contribution < 1.29 is 4.74 Å². The molecule has 0 saturated heterocycles. The highest BCUT2D eigenvalue weighted by Gasteiger charge is 2.02. The standard InChI is InChI=1S/C18H17NO/c19-12-16-7-3-4-8-17(16)13-20-18-10-9-14-5-1-2-6-15(14)11-18/h1-11H,12-13,19H2. The normalized spacial score (nSPS) is 10.7. The van der Waals surface area contributed by atoms with Crippen molar-refractivity contribution in [1.29, 1.82) is 0 Å². The van der Waals surface area contributed by atoms with Gasteiger partial charge in [-0.25, -0.2) is 0 Å². The van der Waals surface area contributed by atoms with Crippen LogP contribution in [0.3, 0.4) is 0 Å². The van der Waals surface area contributed by atoms with E-state index in [1.165, 1.54) is 10.8 Å². The molecule has 0 fully saturated rings. The maximum atomic E-state index is 5.89. The van der Waals surface area contributed by atoms with Gasteiger partial charge in [0.05, 0.1) is 0 Å². The van der Waals surface area contributed by atoms with Crippen LogP contribution in [0.1, 0.15) is 11.1 Å². The Balaban J connectivity index is 1.79. The minimum atomic E-state index is 0.539. The quantitative estimate of drug-likeness (QED) is 0.775. The summed E-state index contributed by atoms with van der Waals surface area (Å²) in [5.41, 5.74) is 8.01. The lowest BCUT2D eigenvalue weighted by Gasteiger charge is -2.10. The molecule has 2 nitrogen and oxygen atoms in total. The molecule has 3 rings (SSSR count). The van der Waals surface area contributed by atoms with Gasteiger partial charge in [0.1, 0.15) is 12.4 Å². The number of hydrogen-bond donors (Lipinski definition) is 1. The predicted molar refractivity (Wildman–Crippen MR) is 82.6 cm³/mol. The van der Waals surface area contributed by atoms with Crippen LogP contribution < -0.4 is 10.5 Å². The van der Waals surface area contributed by atoms with Crippen LogP contribution in [0.5, 0.6) is 5.75 Å². The van der Waals surface area contributed by atoms with Gasteiger partial charge in [0.15, 0.2) is 0 Å². The maximum Gasteiger partial charge on any atom is 0.120 e. The van der Waals surface area contributed by atoms with Crippen molar-refractivity contribution in [2.24, 2.45) is 5.73 Å². The Bertz CT molecular complexity index is 721. The van der Waals surface area contributed by atoms with Crippen LogP contribution in [0.25, 0.3) is 10.8 Å². The molecule has 0 bridgehead atoms. The van der Waals surface area contributed by atoms with E-state index in [0.717, 1.165) is 16.9 Å². The average molecular weight is 263 g/mol. The van der Waals surface area contributed by atoms with Gasteiger partial charge in [-0.3, -0.25) is 0 Å². The fraction of sp³-hybridized carbons (Fsp3) is 0.111. The summed E-state index contributed by atoms with van der Waals surface area (Å²) < 4.78 is 5.89. The first-order chi connectivity index (χ1) is 9.86. The molecular weight excluding hydrogens is 246 g/mol. The van der Waals surface area contributed by atoms with Crippen molar-refractivity contribution in [3.63, 3.8) is 0 Å². The average Bonchev–Trinajstić information content (AvgIpc) is 2.53. The van der Waals surface area contributed by atoms with Gasteiger partial charge in [0.25, 0.3) is 0 Å². The molecule has 0 aliphatic rings. The van der Waals surface area contributed by atoms with E-state index < -0.39 is 0 Å². The second-order valence-electron chi connectivity index (χ2n) is 4.77. The minimum absolute atomic E-state index is 0.539. The van der Waals surface area contributed by atoms with Crippen LogP contribution in [0.2, 0.25) is 0 Å². The lowest BCUT2D eigenvalue weighted by Crippen LogP contribution is -2.04. The molecule has 0 spiro atoms. The van der Waals surface area contributed by atoms with E-state index in [-0.39, 0.29) is 0 Å². The molecule has 0 aliphatic carbocycles. The molecular formula is C18H17NO. The number of nitrogens with two attached hydrogens (primary N) is 1. The molecule has 100 valence electrons. The Hall–Kier alpha value is -2.32. The first-order valence-corrected chi connectivity index (χ1v) is 6.75. The summed E-state index contributed by atoms with van der Waals surface area (Å²) in [6.07, 6.45) is 0. The highest BCUT2D eigenvalue weighted by atomic mass is 16.5. The van der Waals surface area contributed by atoms with Crippen LogP contribution in [0.15, 0.2) is 66.7 Å². The Morgan fingerprint density at radius 1 is 0.750 bits per heavy atom. The molecule has 0 aromatic heterocycles. The molecule has 3 aromatic rings. The van der Waals surface area contributed by atoms with Gasteiger partial charge < -0.3 is 10.5 Å². The monoisotopic (exact) mass is 263 g/mol. The summed E-state index contributed by atoms with van der Waals surface area (Å²) >= 11 is 0. The van der Waals surface area contributed by atoms with E-state index in [1.807, 2.05) is 36.4 Å². The Labute approximate surface area is 118 Å². The van der Waals surface area contributed by atoms with Gasteiger partial charge in [-0.05, 0) is 34.0 Å². The first kappa shape index (κ1) is 12.7. The summed E-state index contributed by atoms with van der Waals surface area (Å²) in [6, 6.07) is 22.5. The molecule has 0 heterocycles. The lowest BCUT2D eigenvalue weighted by molar-refractivity contribution is 0.305. The summed E-state index contributed by atoms with van der Waals surface area (Å²) in [7, 11) is 0. The molecule has 2 N–H and O–H groups in total. The van der Waals surface area contributed by atoms with Gasteiger partial charge in [0, 0.05) is 6.54 Å². The van der Waals surface area contributed by atoms with Crippen LogP contribution in [-0.4, -0.2) is 0 Å². The molecule has 0 aliphatic heterocycles. The van der Waals surface area contributed by atoms with Crippen LogP contribution in [0.4, 0.5) is 0 Å². The Kier molecular flexibility index (Phi) is 3.66. The number of benzene rings is 3. The zero-order valence-electron chi connectivity index (χ0n) is 11.3. The fourth-order valence-electron chi connectivity index (χ4n) is 2.32. The van der Waals surface area contributed by atoms with Crippen LogP contribution in [0, 0.1) is 0 Å². The van der Waals surface area contributed by atoms with Crippen molar-refractivity contribution in [3.8, 4) is 5.75 Å². The van der Waals surface area contributed by atoms with Crippen LogP contribution in [-0.2, 0) is 13.2 Å². The van der Waals surface area contributed by atoms with Gasteiger partial charge in [0.2, 0.25) is 0 Å². The SMILES string of the molecule is NCc1ccccc1COc1ccc2ccccc2c1. The zero-order valence-corrected chi connectivity index (χ0v) is 11.3. The minimum Gasteiger partial charge on any atom is -0.489 e. The molecule has 0 unspecified atom stereocenters. The topological polar surface area (TPSA) is 35.2 Å². The van der Waals surface area contributed by atoms with E-state index in [4.69, 9.17) is 10.5 Å². The second-order valence-corrected chi connectivity index (χ2v) is 4.77. The zero-order chi connectivity index (χ0) is 13.8. The number of fused-ring (bicyclic) bond motifs is 1. The van der Waals surface area contributed by atoms with E-state index in [0.29, 0.717) is 13.2 Å². The van der Waals surface area contributed by atoms with Gasteiger partial charge in [-0.1, -0.05) is 54.6 Å². The molecule has 3 aromatic carbocycles. The first-order valence-electron chi connectivity index (χ1n) is 6.75. The lowest BCUT2D eigenvalue weighted by atomic mass is 10.1. The van der Waals surface area contributed by atoms with Gasteiger partial charge in [-0.15, -0.1) is 0 Å². The number of rotatable bonds is 4. The Morgan fingerprint density at radius 2 is 1.45 bits per heavy atom. The van der Waals surface area contributed by atoms with E-state index in [1.54, 1.807) is 0 Å². The molecule has 0 saturated carbocycles. The van der Waals surface area contributed by atoms with Crippen molar-refractivity contribution in [1.82, 2.24) is 0 Å². The second kappa shape index (κ2) is 5.76. The smallest absolute Gasteiger partial charge is 0.120 e. The van der Waals surface area contributed by atoms with Crippen molar-refractivity contribution in [2.45, 2.75) is 13.2 Å². The third kappa shape index (κ3) is 2.65. The molecule has 0 radical (unpaired) electrons. The molecule has 0 atom stereocenters. The van der Waals surface area contributed by atoms with E-state index >= 15 is 0 Å². The highest BCUT2D eigenvalue weighted by molar-refractivity contribution is 5.83. The largest absolute Gasteiger partial charge is 0.489 e. The van der Waals surface area contributed by atoms with Crippen molar-refractivity contribution in [3.05, 3.63) is 77.9 Å².